The average Bonchev–Trinajstić information content (AvgIpc) is 3.36. The van der Waals surface area contributed by atoms with Crippen molar-refractivity contribution in [1.29, 1.82) is 0 Å². The molecule has 40 heavy (non-hydrogen) atoms. The predicted molar refractivity (Wildman–Crippen MR) is 161 cm³/mol. The van der Waals surface area contributed by atoms with E-state index in [1.54, 1.807) is 12.1 Å². The van der Waals surface area contributed by atoms with Crippen LogP contribution in [0, 0.1) is 0 Å². The summed E-state index contributed by atoms with van der Waals surface area (Å²) in [5.74, 6) is 1.11. The topological polar surface area (TPSA) is 102 Å². The van der Waals surface area contributed by atoms with Crippen LogP contribution in [0.25, 0.3) is 11.0 Å². The molecule has 1 fully saturated rings. The maximum atomic E-state index is 11.8. The van der Waals surface area contributed by atoms with E-state index in [9.17, 15) is 4.79 Å². The first-order valence-corrected chi connectivity index (χ1v) is 13.4. The van der Waals surface area contributed by atoms with Gasteiger partial charge < -0.3 is 35.1 Å². The fourth-order valence-electron chi connectivity index (χ4n) is 4.62. The van der Waals surface area contributed by atoms with Crippen LogP contribution >= 0.6 is 0 Å². The van der Waals surface area contributed by atoms with Gasteiger partial charge in [0.25, 0.3) is 0 Å². The number of benzene rings is 2. The lowest BCUT2D eigenvalue weighted by molar-refractivity contribution is -0.111. The Kier molecular flexibility index (Phi) is 8.28. The third-order valence-corrected chi connectivity index (χ3v) is 6.90. The van der Waals surface area contributed by atoms with E-state index in [0.717, 1.165) is 55.8 Å². The Hall–Kier alpha value is -4.41. The number of aromatic amines is 1. The van der Waals surface area contributed by atoms with Gasteiger partial charge in [-0.3, -0.25) is 4.79 Å². The average molecular weight is 541 g/mol. The van der Waals surface area contributed by atoms with E-state index >= 15 is 0 Å². The number of ether oxygens (including phenoxy) is 1. The zero-order chi connectivity index (χ0) is 28.1. The van der Waals surface area contributed by atoms with Crippen molar-refractivity contribution in [3.05, 3.63) is 72.9 Å². The number of carbonyl (C=O) groups excluding carboxylic acids is 1. The molecule has 0 bridgehead atoms. The van der Waals surface area contributed by atoms with Crippen LogP contribution in [-0.4, -0.2) is 84.5 Å². The van der Waals surface area contributed by atoms with Crippen molar-refractivity contribution in [3.63, 3.8) is 0 Å². The zero-order valence-electron chi connectivity index (χ0n) is 23.3. The number of nitrogens with zero attached hydrogens (tertiary/aromatic N) is 5. The summed E-state index contributed by atoms with van der Waals surface area (Å²) in [4.78, 5) is 31.5. The van der Waals surface area contributed by atoms with Gasteiger partial charge in [0.1, 0.15) is 11.4 Å². The molecule has 10 nitrogen and oxygen atoms in total. The summed E-state index contributed by atoms with van der Waals surface area (Å²) >= 11 is 0. The number of piperazine rings is 1. The van der Waals surface area contributed by atoms with Crippen LogP contribution < -0.4 is 20.3 Å². The highest BCUT2D eigenvalue weighted by Crippen LogP contribution is 2.33. The number of hydrogen-bond donors (Lipinski definition) is 3. The smallest absolute Gasteiger partial charge is 0.247 e. The van der Waals surface area contributed by atoms with E-state index in [2.05, 4.69) is 56.1 Å². The highest BCUT2D eigenvalue weighted by atomic mass is 16.5. The van der Waals surface area contributed by atoms with Gasteiger partial charge in [-0.1, -0.05) is 12.6 Å². The largest absolute Gasteiger partial charge is 0.438 e. The van der Waals surface area contributed by atoms with E-state index < -0.39 is 0 Å². The fourth-order valence-corrected chi connectivity index (χ4v) is 4.62. The van der Waals surface area contributed by atoms with Gasteiger partial charge in [-0.15, -0.1) is 0 Å². The quantitative estimate of drug-likeness (QED) is 0.253. The lowest BCUT2D eigenvalue weighted by Crippen LogP contribution is -2.44. The van der Waals surface area contributed by atoms with Crippen molar-refractivity contribution in [1.82, 2.24) is 24.8 Å². The molecule has 0 atom stereocenters. The Bertz CT molecular complexity index is 1470. The Morgan fingerprint density at radius 3 is 2.60 bits per heavy atom. The minimum atomic E-state index is -0.289. The van der Waals surface area contributed by atoms with Crippen molar-refractivity contribution in [2.24, 2.45) is 0 Å². The molecule has 0 unspecified atom stereocenters. The second kappa shape index (κ2) is 12.2. The maximum Gasteiger partial charge on any atom is 0.247 e. The third kappa shape index (κ3) is 6.59. The summed E-state index contributed by atoms with van der Waals surface area (Å²) < 4.78 is 6.33. The molecule has 3 N–H and O–H groups in total. The number of nitrogens with one attached hydrogen (secondary N) is 3. The predicted octanol–water partition coefficient (Wildman–Crippen LogP) is 4.47. The van der Waals surface area contributed by atoms with Crippen molar-refractivity contribution in [2.75, 3.05) is 69.4 Å². The second-order valence-corrected chi connectivity index (χ2v) is 10.2. The molecular formula is C30H36N8O2. The molecule has 1 amide bonds. The number of carbonyl (C=O) groups is 1. The van der Waals surface area contributed by atoms with Crippen LogP contribution in [0.1, 0.15) is 5.56 Å². The SMILES string of the molecule is C=CC(=O)Nc1cccc(Oc2nc(Nc3ccc(N4CCN(C)CC4)cc3)nc3[nH]cc(CCN(C)C)c23)c1. The highest BCUT2D eigenvalue weighted by molar-refractivity contribution is 5.99. The molecule has 2 aromatic heterocycles. The molecule has 0 aliphatic carbocycles. The summed E-state index contributed by atoms with van der Waals surface area (Å²) in [7, 11) is 6.25. The molecule has 0 spiro atoms. The van der Waals surface area contributed by atoms with Crippen molar-refractivity contribution in [3.8, 4) is 11.6 Å². The van der Waals surface area contributed by atoms with Gasteiger partial charge in [0.2, 0.25) is 17.7 Å². The van der Waals surface area contributed by atoms with Gasteiger partial charge in [0.15, 0.2) is 0 Å². The van der Waals surface area contributed by atoms with Crippen LogP contribution in [0.4, 0.5) is 23.0 Å². The monoisotopic (exact) mass is 540 g/mol. The molecule has 0 radical (unpaired) electrons. The summed E-state index contributed by atoms with van der Waals surface area (Å²) in [6, 6.07) is 15.5. The van der Waals surface area contributed by atoms with E-state index in [-0.39, 0.29) is 5.91 Å². The molecule has 1 aliphatic heterocycles. The first-order valence-electron chi connectivity index (χ1n) is 13.4. The lowest BCUT2D eigenvalue weighted by atomic mass is 10.1. The zero-order valence-corrected chi connectivity index (χ0v) is 23.3. The number of H-pyrrole nitrogens is 1. The van der Waals surface area contributed by atoms with Gasteiger partial charge in [0.05, 0.1) is 5.39 Å². The Balaban J connectivity index is 1.42. The molecule has 10 heteroatoms. The first kappa shape index (κ1) is 27.2. The molecule has 4 aromatic rings. The number of likely N-dealkylation sites (N-methyl/N-ethyl adjacent to an activating group) is 2. The summed E-state index contributed by atoms with van der Waals surface area (Å²) in [6.07, 6.45) is 4.00. The molecule has 0 saturated carbocycles. The van der Waals surface area contributed by atoms with Crippen LogP contribution in [0.15, 0.2) is 67.4 Å². The van der Waals surface area contributed by atoms with Crippen molar-refractivity contribution >= 4 is 40.0 Å². The van der Waals surface area contributed by atoms with Gasteiger partial charge in [0, 0.05) is 62.0 Å². The normalized spacial score (nSPS) is 13.9. The van der Waals surface area contributed by atoms with Crippen molar-refractivity contribution < 1.29 is 9.53 Å². The third-order valence-electron chi connectivity index (χ3n) is 6.90. The summed E-state index contributed by atoms with van der Waals surface area (Å²) in [6.45, 7) is 8.54. The lowest BCUT2D eigenvalue weighted by Gasteiger charge is -2.34. The molecule has 1 saturated heterocycles. The number of fused-ring (bicyclic) bond motifs is 1. The Labute approximate surface area is 234 Å². The summed E-state index contributed by atoms with van der Waals surface area (Å²) in [5, 5.41) is 6.94. The molecule has 208 valence electrons. The van der Waals surface area contributed by atoms with E-state index in [1.807, 2.05) is 44.6 Å². The molecule has 3 heterocycles. The molecule has 1 aliphatic rings. The molecular weight excluding hydrogens is 504 g/mol. The summed E-state index contributed by atoms with van der Waals surface area (Å²) in [5.41, 5.74) is 4.45. The van der Waals surface area contributed by atoms with Gasteiger partial charge in [-0.2, -0.15) is 9.97 Å². The highest BCUT2D eigenvalue weighted by Gasteiger charge is 2.18. The second-order valence-electron chi connectivity index (χ2n) is 10.2. The minimum Gasteiger partial charge on any atom is -0.438 e. The first-order chi connectivity index (χ1) is 19.4. The molecule has 2 aromatic carbocycles. The van der Waals surface area contributed by atoms with Crippen LogP contribution in [0.3, 0.4) is 0 Å². The standard InChI is InChI=1S/C30H36N8O2/c1-5-26(39)32-23-7-6-8-25(19-23)40-29-27-21(13-14-36(2)3)20-31-28(27)34-30(35-29)33-22-9-11-24(12-10-22)38-17-15-37(4)16-18-38/h5-12,19-20H,1,13-18H2,2-4H3,(H,32,39)(H2,31,33,34,35). The van der Waals surface area contributed by atoms with Crippen LogP contribution in [0.2, 0.25) is 0 Å². The van der Waals surface area contributed by atoms with Crippen molar-refractivity contribution in [2.45, 2.75) is 6.42 Å². The van der Waals surface area contributed by atoms with Crippen LogP contribution in [0.5, 0.6) is 11.6 Å². The van der Waals surface area contributed by atoms with E-state index in [1.165, 1.54) is 11.8 Å². The Morgan fingerprint density at radius 1 is 1.10 bits per heavy atom. The van der Waals surface area contributed by atoms with E-state index in [4.69, 9.17) is 14.7 Å². The minimum absolute atomic E-state index is 0.289. The Morgan fingerprint density at radius 2 is 1.88 bits per heavy atom. The van der Waals surface area contributed by atoms with E-state index in [0.29, 0.717) is 28.9 Å². The van der Waals surface area contributed by atoms with Gasteiger partial charge in [-0.25, -0.2) is 0 Å². The number of anilines is 4. The van der Waals surface area contributed by atoms with Gasteiger partial charge >= 0.3 is 0 Å². The number of amides is 1. The maximum absolute atomic E-state index is 11.8. The number of aromatic nitrogens is 3. The van der Waals surface area contributed by atoms with Crippen LogP contribution in [-0.2, 0) is 11.2 Å². The number of hydrogen-bond acceptors (Lipinski definition) is 8. The van der Waals surface area contributed by atoms with Gasteiger partial charge in [-0.05, 0) is 75.6 Å². The number of rotatable bonds is 10. The molecule has 5 rings (SSSR count). The fraction of sp³-hybridized carbons (Fsp3) is 0.300.